The molecular formula is C45H27N5. The SMILES string of the molecule is c1cnc2c(c1)ccc1c(-c3ccc(-c4ccc5ccc(-c6ccc7ccc(-c8ccnc9ccccc89)nc7c6)cc5n4)cc3)ccnc12. The van der Waals surface area contributed by atoms with Crippen LogP contribution in [-0.2, 0) is 0 Å². The van der Waals surface area contributed by atoms with Gasteiger partial charge in [-0.15, -0.1) is 0 Å². The monoisotopic (exact) mass is 637 g/mol. The highest BCUT2D eigenvalue weighted by atomic mass is 14.7. The standard InChI is InChI=1S/C45H27N5/c1-2-6-40-36(5-1)37(22-24-46-40)41-20-17-31-12-14-34(27-43(31)50-41)33-13-11-30-16-19-39(49-42(30)26-33)29-9-7-28(8-10-29)35-21-25-48-45-38(35)18-15-32-4-3-23-47-44(32)45/h1-27H. The molecule has 0 saturated carbocycles. The van der Waals surface area contributed by atoms with Gasteiger partial charge in [0.05, 0.1) is 39.0 Å². The van der Waals surface area contributed by atoms with E-state index in [1.165, 1.54) is 0 Å². The molecule has 0 fully saturated rings. The first-order valence-corrected chi connectivity index (χ1v) is 16.6. The maximum absolute atomic E-state index is 5.12. The molecule has 0 saturated heterocycles. The molecule has 5 heterocycles. The van der Waals surface area contributed by atoms with Gasteiger partial charge in [-0.25, -0.2) is 9.97 Å². The van der Waals surface area contributed by atoms with Crippen LogP contribution in [0.25, 0.3) is 99.3 Å². The second-order valence-electron chi connectivity index (χ2n) is 12.6. The van der Waals surface area contributed by atoms with E-state index in [0.29, 0.717) is 0 Å². The van der Waals surface area contributed by atoms with Crippen molar-refractivity contribution in [3.8, 4) is 44.8 Å². The number of aromatic nitrogens is 5. The number of hydrogen-bond donors (Lipinski definition) is 0. The smallest absolute Gasteiger partial charge is 0.0970 e. The number of para-hydroxylation sites is 1. The first-order chi connectivity index (χ1) is 24.7. The highest BCUT2D eigenvalue weighted by molar-refractivity contribution is 6.08. The summed E-state index contributed by atoms with van der Waals surface area (Å²) in [7, 11) is 0. The lowest BCUT2D eigenvalue weighted by atomic mass is 9.98. The zero-order chi connectivity index (χ0) is 33.0. The predicted octanol–water partition coefficient (Wildman–Crippen LogP) is 11.1. The summed E-state index contributed by atoms with van der Waals surface area (Å²) < 4.78 is 0. The normalized spacial score (nSPS) is 11.6. The van der Waals surface area contributed by atoms with Gasteiger partial charge in [-0.3, -0.25) is 15.0 Å². The molecule has 0 aliphatic heterocycles. The summed E-state index contributed by atoms with van der Waals surface area (Å²) in [4.78, 5) is 24.1. The third-order valence-electron chi connectivity index (χ3n) is 9.62. The largest absolute Gasteiger partial charge is 0.256 e. The summed E-state index contributed by atoms with van der Waals surface area (Å²) in [5, 5.41) is 5.48. The van der Waals surface area contributed by atoms with Crippen LogP contribution in [0.4, 0.5) is 0 Å². The maximum Gasteiger partial charge on any atom is 0.0970 e. The van der Waals surface area contributed by atoms with Gasteiger partial charge < -0.3 is 0 Å². The van der Waals surface area contributed by atoms with Gasteiger partial charge in [0.15, 0.2) is 0 Å². The van der Waals surface area contributed by atoms with Crippen LogP contribution in [0.3, 0.4) is 0 Å². The average molecular weight is 638 g/mol. The van der Waals surface area contributed by atoms with Crippen molar-refractivity contribution in [2.45, 2.75) is 0 Å². The van der Waals surface area contributed by atoms with Gasteiger partial charge in [-0.1, -0.05) is 97.1 Å². The van der Waals surface area contributed by atoms with E-state index in [0.717, 1.165) is 99.3 Å². The van der Waals surface area contributed by atoms with Crippen LogP contribution >= 0.6 is 0 Å². The Morgan fingerprint density at radius 2 is 0.940 bits per heavy atom. The van der Waals surface area contributed by atoms with Crippen LogP contribution in [0.5, 0.6) is 0 Å². The number of benzene rings is 5. The molecule has 0 bridgehead atoms. The molecule has 10 aromatic rings. The Labute approximate surface area is 287 Å². The van der Waals surface area contributed by atoms with Gasteiger partial charge >= 0.3 is 0 Å². The van der Waals surface area contributed by atoms with Crippen LogP contribution in [0, 0.1) is 0 Å². The fourth-order valence-corrected chi connectivity index (χ4v) is 7.05. The van der Waals surface area contributed by atoms with Crippen molar-refractivity contribution >= 4 is 54.5 Å². The van der Waals surface area contributed by atoms with Crippen molar-refractivity contribution in [2.24, 2.45) is 0 Å². The minimum absolute atomic E-state index is 0.918. The lowest BCUT2D eigenvalue weighted by Gasteiger charge is -2.10. The molecule has 0 aliphatic rings. The summed E-state index contributed by atoms with van der Waals surface area (Å²) in [5.74, 6) is 0. The Morgan fingerprint density at radius 3 is 1.76 bits per heavy atom. The van der Waals surface area contributed by atoms with Gasteiger partial charge in [0.25, 0.3) is 0 Å². The molecule has 5 aromatic heterocycles. The van der Waals surface area contributed by atoms with Crippen LogP contribution in [0.2, 0.25) is 0 Å². The summed E-state index contributed by atoms with van der Waals surface area (Å²) in [6, 6.07) is 50.7. The molecule has 0 amide bonds. The second-order valence-corrected chi connectivity index (χ2v) is 12.6. The van der Waals surface area contributed by atoms with Crippen molar-refractivity contribution in [1.29, 1.82) is 0 Å². The molecular weight excluding hydrogens is 611 g/mol. The lowest BCUT2D eigenvalue weighted by Crippen LogP contribution is -1.90. The molecule has 0 N–H and O–H groups in total. The number of fused-ring (bicyclic) bond motifs is 6. The molecule has 5 heteroatoms. The van der Waals surface area contributed by atoms with E-state index >= 15 is 0 Å². The predicted molar refractivity (Wildman–Crippen MR) is 205 cm³/mol. The second kappa shape index (κ2) is 11.4. The Balaban J connectivity index is 0.987. The fourth-order valence-electron chi connectivity index (χ4n) is 7.05. The van der Waals surface area contributed by atoms with E-state index in [4.69, 9.17) is 9.97 Å². The number of nitrogens with zero attached hydrogens (tertiary/aromatic N) is 5. The van der Waals surface area contributed by atoms with Crippen molar-refractivity contribution in [3.63, 3.8) is 0 Å². The molecule has 0 unspecified atom stereocenters. The van der Waals surface area contributed by atoms with E-state index in [2.05, 4.69) is 130 Å². The average Bonchev–Trinajstić information content (AvgIpc) is 3.19. The zero-order valence-corrected chi connectivity index (χ0v) is 26.8. The van der Waals surface area contributed by atoms with E-state index in [9.17, 15) is 0 Å². The Kier molecular flexibility index (Phi) is 6.42. The van der Waals surface area contributed by atoms with Crippen LogP contribution in [0.1, 0.15) is 0 Å². The first kappa shape index (κ1) is 28.2. The minimum Gasteiger partial charge on any atom is -0.256 e. The summed E-state index contributed by atoms with van der Waals surface area (Å²) in [6.45, 7) is 0. The minimum atomic E-state index is 0.918. The van der Waals surface area contributed by atoms with Crippen molar-refractivity contribution in [1.82, 2.24) is 24.9 Å². The van der Waals surface area contributed by atoms with Crippen molar-refractivity contribution < 1.29 is 0 Å². The van der Waals surface area contributed by atoms with Crippen molar-refractivity contribution in [3.05, 3.63) is 164 Å². The van der Waals surface area contributed by atoms with Crippen molar-refractivity contribution in [2.75, 3.05) is 0 Å². The van der Waals surface area contributed by atoms with Gasteiger partial charge in [0.2, 0.25) is 0 Å². The molecule has 5 aromatic carbocycles. The van der Waals surface area contributed by atoms with Gasteiger partial charge in [-0.2, -0.15) is 0 Å². The van der Waals surface area contributed by atoms with Crippen LogP contribution in [0.15, 0.2) is 164 Å². The van der Waals surface area contributed by atoms with Crippen LogP contribution < -0.4 is 0 Å². The number of rotatable bonds is 4. The summed E-state index contributed by atoms with van der Waals surface area (Å²) >= 11 is 0. The van der Waals surface area contributed by atoms with Gasteiger partial charge in [0.1, 0.15) is 0 Å². The quantitative estimate of drug-likeness (QED) is 0.180. The first-order valence-electron chi connectivity index (χ1n) is 16.6. The van der Waals surface area contributed by atoms with Gasteiger partial charge in [-0.05, 0) is 70.8 Å². The highest BCUT2D eigenvalue weighted by Gasteiger charge is 2.11. The maximum atomic E-state index is 5.12. The third-order valence-corrected chi connectivity index (χ3v) is 9.62. The Hall–Kier alpha value is -6.85. The Morgan fingerprint density at radius 1 is 0.320 bits per heavy atom. The molecule has 0 aliphatic carbocycles. The molecule has 0 radical (unpaired) electrons. The lowest BCUT2D eigenvalue weighted by molar-refractivity contribution is 1.37. The molecule has 0 atom stereocenters. The van der Waals surface area contributed by atoms with E-state index < -0.39 is 0 Å². The van der Waals surface area contributed by atoms with E-state index in [-0.39, 0.29) is 0 Å². The number of pyridine rings is 5. The molecule has 0 spiro atoms. The van der Waals surface area contributed by atoms with E-state index in [1.807, 2.05) is 48.9 Å². The third kappa shape index (κ3) is 4.75. The van der Waals surface area contributed by atoms with Crippen LogP contribution in [-0.4, -0.2) is 24.9 Å². The summed E-state index contributed by atoms with van der Waals surface area (Å²) in [6.07, 6.45) is 5.55. The highest BCUT2D eigenvalue weighted by Crippen LogP contribution is 2.34. The summed E-state index contributed by atoms with van der Waals surface area (Å²) in [5.41, 5.74) is 13.2. The molecule has 50 heavy (non-hydrogen) atoms. The number of hydrogen-bond acceptors (Lipinski definition) is 5. The molecule has 10 rings (SSSR count). The zero-order valence-electron chi connectivity index (χ0n) is 26.8. The fraction of sp³-hybridized carbons (Fsp3) is 0. The van der Waals surface area contributed by atoms with E-state index in [1.54, 1.807) is 0 Å². The topological polar surface area (TPSA) is 64.5 Å². The molecule has 232 valence electrons. The van der Waals surface area contributed by atoms with Gasteiger partial charge in [0, 0.05) is 56.6 Å². The Bertz CT molecular complexity index is 2930. The molecule has 5 nitrogen and oxygen atoms in total.